The summed E-state index contributed by atoms with van der Waals surface area (Å²) in [4.78, 5) is 26.2. The smallest absolute Gasteiger partial charge is 0.414 e. The Morgan fingerprint density at radius 1 is 1.00 bits per heavy atom. The summed E-state index contributed by atoms with van der Waals surface area (Å²) >= 11 is 0. The lowest BCUT2D eigenvalue weighted by Gasteiger charge is -2.24. The molecule has 0 atom stereocenters. The van der Waals surface area contributed by atoms with Gasteiger partial charge in [-0.3, -0.25) is 4.90 Å². The number of fused-ring (bicyclic) bond motifs is 1. The van der Waals surface area contributed by atoms with E-state index in [-0.39, 0.29) is 52.0 Å². The highest BCUT2D eigenvalue weighted by atomic mass is 19.1. The second-order valence-corrected chi connectivity index (χ2v) is 8.65. The molecule has 0 unspecified atom stereocenters. The molecular formula is C26H22F3N9O2. The average Bonchev–Trinajstić information content (AvgIpc) is 3.27. The van der Waals surface area contributed by atoms with Crippen LogP contribution in [0.15, 0.2) is 54.7 Å². The molecule has 0 bridgehead atoms. The van der Waals surface area contributed by atoms with E-state index in [0.717, 1.165) is 29.0 Å². The van der Waals surface area contributed by atoms with Gasteiger partial charge >= 0.3 is 6.09 Å². The first kappa shape index (κ1) is 26.2. The van der Waals surface area contributed by atoms with Crippen molar-refractivity contribution < 1.29 is 22.7 Å². The molecule has 204 valence electrons. The first-order chi connectivity index (χ1) is 19.2. The van der Waals surface area contributed by atoms with Crippen molar-refractivity contribution in [2.75, 3.05) is 29.2 Å². The number of rotatable bonds is 6. The van der Waals surface area contributed by atoms with Crippen LogP contribution in [0.1, 0.15) is 16.8 Å². The zero-order valence-electron chi connectivity index (χ0n) is 21.0. The van der Waals surface area contributed by atoms with E-state index in [1.165, 1.54) is 24.3 Å². The molecule has 40 heavy (non-hydrogen) atoms. The summed E-state index contributed by atoms with van der Waals surface area (Å²) in [7, 11) is 1.12. The van der Waals surface area contributed by atoms with E-state index in [2.05, 4.69) is 20.1 Å². The number of benzene rings is 2. The number of hydrogen-bond acceptors (Lipinski definition) is 9. The third-order valence-electron chi connectivity index (χ3n) is 6.12. The zero-order chi connectivity index (χ0) is 28.6. The Morgan fingerprint density at radius 2 is 1.70 bits per heavy atom. The normalized spacial score (nSPS) is 11.1. The molecule has 6 N–H and O–H groups in total. The largest absolute Gasteiger partial charge is 0.452 e. The van der Waals surface area contributed by atoms with E-state index in [0.29, 0.717) is 11.3 Å². The van der Waals surface area contributed by atoms with Gasteiger partial charge in [0.2, 0.25) is 0 Å². The molecule has 11 nitrogen and oxygen atoms in total. The minimum absolute atomic E-state index is 0.00631. The number of nitrogens with two attached hydrogens (primary N) is 3. The van der Waals surface area contributed by atoms with Gasteiger partial charge < -0.3 is 21.9 Å². The summed E-state index contributed by atoms with van der Waals surface area (Å²) in [5.74, 6) is -2.52. The van der Waals surface area contributed by atoms with E-state index in [4.69, 9.17) is 21.9 Å². The van der Waals surface area contributed by atoms with Crippen molar-refractivity contribution in [2.24, 2.45) is 0 Å². The van der Waals surface area contributed by atoms with Crippen molar-refractivity contribution >= 4 is 40.1 Å². The molecule has 0 saturated carbocycles. The number of nitrogens with zero attached hydrogens (tertiary/aromatic N) is 6. The molecular weight excluding hydrogens is 527 g/mol. The zero-order valence-corrected chi connectivity index (χ0v) is 21.0. The second-order valence-electron chi connectivity index (χ2n) is 8.65. The van der Waals surface area contributed by atoms with E-state index in [1.54, 1.807) is 18.2 Å². The molecule has 3 aromatic heterocycles. The molecule has 5 aromatic rings. The van der Waals surface area contributed by atoms with Crippen LogP contribution in [0.4, 0.5) is 41.0 Å². The summed E-state index contributed by atoms with van der Waals surface area (Å²) < 4.78 is 49.1. The highest BCUT2D eigenvalue weighted by Crippen LogP contribution is 2.33. The van der Waals surface area contributed by atoms with Crippen LogP contribution in [0.25, 0.3) is 17.0 Å². The minimum atomic E-state index is -0.930. The summed E-state index contributed by atoms with van der Waals surface area (Å²) in [5.41, 5.74) is 19.4. The maximum Gasteiger partial charge on any atom is 0.414 e. The van der Waals surface area contributed by atoms with Crippen molar-refractivity contribution in [3.63, 3.8) is 0 Å². The van der Waals surface area contributed by atoms with Gasteiger partial charge in [-0.05, 0) is 23.8 Å². The quantitative estimate of drug-likeness (QED) is 0.268. The van der Waals surface area contributed by atoms with Gasteiger partial charge in [-0.2, -0.15) is 19.7 Å². The molecule has 0 aliphatic heterocycles. The number of anilines is 4. The number of hydrogen-bond donors (Lipinski definition) is 3. The molecule has 0 aliphatic carbocycles. The number of pyridine rings is 1. The molecule has 14 heteroatoms. The van der Waals surface area contributed by atoms with Crippen LogP contribution in [0.3, 0.4) is 0 Å². The van der Waals surface area contributed by atoms with E-state index >= 15 is 0 Å². The lowest BCUT2D eigenvalue weighted by atomic mass is 10.1. The third kappa shape index (κ3) is 4.77. The SMILES string of the molecule is COC(=O)N(Cc1c(N)cccc1F)c1c(N)nc(-n2nc(Cc3ccccc3F)c3ncc(F)cc32)nc1N. The fourth-order valence-corrected chi connectivity index (χ4v) is 4.22. The topological polar surface area (TPSA) is 164 Å². The van der Waals surface area contributed by atoms with Crippen LogP contribution in [0, 0.1) is 17.5 Å². The van der Waals surface area contributed by atoms with E-state index in [9.17, 15) is 18.0 Å². The van der Waals surface area contributed by atoms with Crippen LogP contribution < -0.4 is 22.1 Å². The Hall–Kier alpha value is -5.40. The number of carbonyl (C=O) groups is 1. The molecule has 0 radical (unpaired) electrons. The van der Waals surface area contributed by atoms with Crippen molar-refractivity contribution in [3.05, 3.63) is 89.0 Å². The molecule has 3 heterocycles. The van der Waals surface area contributed by atoms with Crippen LogP contribution in [0.5, 0.6) is 0 Å². The van der Waals surface area contributed by atoms with Gasteiger partial charge in [0.05, 0.1) is 31.1 Å². The molecule has 0 saturated heterocycles. The fraction of sp³-hybridized carbons (Fsp3) is 0.115. The van der Waals surface area contributed by atoms with Crippen LogP contribution >= 0.6 is 0 Å². The number of nitrogen functional groups attached to an aromatic ring is 3. The maximum absolute atomic E-state index is 14.5. The second kappa shape index (κ2) is 10.4. The van der Waals surface area contributed by atoms with Crippen molar-refractivity contribution in [1.82, 2.24) is 24.7 Å². The Morgan fingerprint density at radius 3 is 2.38 bits per heavy atom. The van der Waals surface area contributed by atoms with Crippen molar-refractivity contribution in [1.29, 1.82) is 0 Å². The fourth-order valence-electron chi connectivity index (χ4n) is 4.22. The number of methoxy groups -OCH3 is 1. The molecule has 1 amide bonds. The van der Waals surface area contributed by atoms with Gasteiger partial charge in [0.25, 0.3) is 5.95 Å². The molecule has 2 aromatic carbocycles. The van der Waals surface area contributed by atoms with Crippen molar-refractivity contribution in [3.8, 4) is 5.95 Å². The van der Waals surface area contributed by atoms with Gasteiger partial charge in [0.1, 0.15) is 28.7 Å². The summed E-state index contributed by atoms with van der Waals surface area (Å²) in [6, 6.07) is 11.4. The Balaban J connectivity index is 1.61. The third-order valence-corrected chi connectivity index (χ3v) is 6.12. The monoisotopic (exact) mass is 549 g/mol. The van der Waals surface area contributed by atoms with E-state index in [1.807, 2.05) is 0 Å². The Bertz CT molecular complexity index is 1720. The minimum Gasteiger partial charge on any atom is -0.452 e. The van der Waals surface area contributed by atoms with Crippen LogP contribution in [0.2, 0.25) is 0 Å². The number of carbonyl (C=O) groups excluding carboxylic acids is 1. The Kier molecular flexibility index (Phi) is 6.82. The maximum atomic E-state index is 14.5. The summed E-state index contributed by atoms with van der Waals surface area (Å²) in [6.45, 7) is -0.394. The standard InChI is InChI=1S/C26H22F3N9O2/c1-40-26(39)37(12-15-17(29)7-4-8-18(15)30)22-23(31)34-25(35-24(22)32)38-20-10-14(27)11-33-21(20)19(36-38)9-13-5-2-3-6-16(13)28/h2-8,10-11H,9,12,30H2,1H3,(H4,31,32,34,35). The molecule has 0 fully saturated rings. The first-order valence-corrected chi connectivity index (χ1v) is 11.8. The number of ether oxygens (including phenoxy) is 1. The van der Waals surface area contributed by atoms with Crippen LogP contribution in [-0.4, -0.2) is 37.9 Å². The Labute approximate surface area is 225 Å². The number of aromatic nitrogens is 5. The van der Waals surface area contributed by atoms with Gasteiger partial charge in [-0.25, -0.2) is 22.9 Å². The molecule has 0 aliphatic rings. The molecule has 0 spiro atoms. The predicted octanol–water partition coefficient (Wildman–Crippen LogP) is 3.74. The summed E-state index contributed by atoms with van der Waals surface area (Å²) in [5, 5.41) is 4.45. The van der Waals surface area contributed by atoms with Gasteiger partial charge in [-0.15, -0.1) is 0 Å². The highest BCUT2D eigenvalue weighted by molar-refractivity contribution is 5.95. The van der Waals surface area contributed by atoms with Gasteiger partial charge in [-0.1, -0.05) is 24.3 Å². The number of halogens is 3. The number of amides is 1. The van der Waals surface area contributed by atoms with Gasteiger partial charge in [0.15, 0.2) is 11.6 Å². The highest BCUT2D eigenvalue weighted by Gasteiger charge is 2.27. The summed E-state index contributed by atoms with van der Waals surface area (Å²) in [6.07, 6.45) is 0.118. The average molecular weight is 550 g/mol. The lowest BCUT2D eigenvalue weighted by molar-refractivity contribution is 0.178. The van der Waals surface area contributed by atoms with E-state index < -0.39 is 30.1 Å². The predicted molar refractivity (Wildman–Crippen MR) is 142 cm³/mol. The van der Waals surface area contributed by atoms with Crippen molar-refractivity contribution in [2.45, 2.75) is 13.0 Å². The van der Waals surface area contributed by atoms with Gasteiger partial charge in [0, 0.05) is 23.7 Å². The lowest BCUT2D eigenvalue weighted by Crippen LogP contribution is -2.33. The first-order valence-electron chi connectivity index (χ1n) is 11.8. The molecule has 5 rings (SSSR count). The van der Waals surface area contributed by atoms with Crippen LogP contribution in [-0.2, 0) is 17.7 Å².